The zero-order valence-electron chi connectivity index (χ0n) is 7.87. The first kappa shape index (κ1) is 14.3. The molecule has 6 heteroatoms. The minimum Gasteiger partial charge on any atom is -0.468 e. The highest BCUT2D eigenvalue weighted by molar-refractivity contribution is 9.10. The predicted octanol–water partition coefficient (Wildman–Crippen LogP) is 2.18. The van der Waals surface area contributed by atoms with E-state index in [1.54, 1.807) is 6.07 Å². The minimum absolute atomic E-state index is 0. The summed E-state index contributed by atoms with van der Waals surface area (Å²) in [7, 11) is 1.23. The largest absolute Gasteiger partial charge is 0.468 e. The van der Waals surface area contributed by atoms with Crippen LogP contribution in [0.5, 0.6) is 0 Å². The number of ether oxygens (including phenoxy) is 1. The number of halogens is 3. The smallest absolute Gasteiger partial charge is 0.327 e. The fraction of sp³-hybridized carbons (Fsp3) is 0.222. The van der Waals surface area contributed by atoms with Crippen LogP contribution in [0.3, 0.4) is 0 Å². The summed E-state index contributed by atoms with van der Waals surface area (Å²) < 4.78 is 17.9. The summed E-state index contributed by atoms with van der Waals surface area (Å²) in [5.41, 5.74) is 5.90. The van der Waals surface area contributed by atoms with Gasteiger partial charge in [-0.15, -0.1) is 12.4 Å². The minimum atomic E-state index is -0.952. The number of hydrogen-bond donors (Lipinski definition) is 1. The molecule has 0 aliphatic carbocycles. The number of carbonyl (C=O) groups excluding carboxylic acids is 1. The molecule has 0 heterocycles. The molecule has 15 heavy (non-hydrogen) atoms. The van der Waals surface area contributed by atoms with E-state index in [1.165, 1.54) is 19.2 Å². The van der Waals surface area contributed by atoms with Crippen LogP contribution in [0.25, 0.3) is 0 Å². The maximum Gasteiger partial charge on any atom is 0.327 e. The number of hydrogen-bond acceptors (Lipinski definition) is 3. The van der Waals surface area contributed by atoms with Gasteiger partial charge < -0.3 is 10.5 Å². The van der Waals surface area contributed by atoms with Crippen LogP contribution in [0.1, 0.15) is 11.6 Å². The van der Waals surface area contributed by atoms with Crippen LogP contribution < -0.4 is 5.73 Å². The molecule has 2 N–H and O–H groups in total. The molecule has 0 radical (unpaired) electrons. The second-order valence-corrected chi connectivity index (χ2v) is 3.62. The normalized spacial score (nSPS) is 11.5. The first-order valence-corrected chi connectivity index (χ1v) is 4.63. The molecule has 0 aliphatic heterocycles. The Morgan fingerprint density at radius 3 is 2.60 bits per heavy atom. The number of esters is 1. The number of benzene rings is 1. The Balaban J connectivity index is 0.00000196. The van der Waals surface area contributed by atoms with Gasteiger partial charge in [-0.05, 0) is 23.8 Å². The van der Waals surface area contributed by atoms with Crippen molar-refractivity contribution in [2.75, 3.05) is 7.11 Å². The van der Waals surface area contributed by atoms with Gasteiger partial charge in [0.05, 0.1) is 7.11 Å². The van der Waals surface area contributed by atoms with Gasteiger partial charge in [0.15, 0.2) is 0 Å². The van der Waals surface area contributed by atoms with E-state index in [4.69, 9.17) is 5.73 Å². The van der Waals surface area contributed by atoms with Crippen molar-refractivity contribution in [2.45, 2.75) is 6.04 Å². The van der Waals surface area contributed by atoms with Crippen LogP contribution in [0, 0.1) is 5.82 Å². The number of methoxy groups -OCH3 is 1. The molecule has 3 nitrogen and oxygen atoms in total. The van der Waals surface area contributed by atoms with Gasteiger partial charge in [-0.1, -0.05) is 15.9 Å². The van der Waals surface area contributed by atoms with Gasteiger partial charge in [-0.3, -0.25) is 4.79 Å². The van der Waals surface area contributed by atoms with Crippen LogP contribution in [-0.2, 0) is 9.53 Å². The summed E-state index contributed by atoms with van der Waals surface area (Å²) in [6.07, 6.45) is 0. The third-order valence-corrected chi connectivity index (χ3v) is 2.16. The zero-order valence-corrected chi connectivity index (χ0v) is 10.3. The Labute approximate surface area is 101 Å². The third kappa shape index (κ3) is 3.77. The molecule has 0 saturated carbocycles. The lowest BCUT2D eigenvalue weighted by Gasteiger charge is -2.09. The van der Waals surface area contributed by atoms with E-state index in [9.17, 15) is 9.18 Å². The number of nitrogens with two attached hydrogens (primary N) is 1. The predicted molar refractivity (Wildman–Crippen MR) is 60.3 cm³/mol. The van der Waals surface area contributed by atoms with Gasteiger partial charge in [0.25, 0.3) is 0 Å². The molecular formula is C9H10BrClFNO2. The summed E-state index contributed by atoms with van der Waals surface area (Å²) in [5.74, 6) is -1.05. The van der Waals surface area contributed by atoms with E-state index in [1.807, 2.05) is 0 Å². The first-order valence-electron chi connectivity index (χ1n) is 3.84. The molecule has 1 aromatic rings. The van der Waals surface area contributed by atoms with Crippen LogP contribution >= 0.6 is 28.3 Å². The van der Waals surface area contributed by atoms with Gasteiger partial charge >= 0.3 is 5.97 Å². The highest BCUT2D eigenvalue weighted by atomic mass is 79.9. The Morgan fingerprint density at radius 1 is 1.53 bits per heavy atom. The summed E-state index contributed by atoms with van der Waals surface area (Å²) in [6.45, 7) is 0. The maximum absolute atomic E-state index is 12.9. The van der Waals surface area contributed by atoms with E-state index < -0.39 is 17.8 Å². The standard InChI is InChI=1S/C9H9BrFNO2.ClH/c1-14-9(13)8(12)5-2-6(10)4-7(11)3-5;/h2-4,8H,12H2,1H3;1H/t8-;/m1./s1. The highest BCUT2D eigenvalue weighted by Crippen LogP contribution is 2.19. The molecule has 1 aromatic carbocycles. The molecule has 0 saturated heterocycles. The Bertz CT molecular complexity index is 342. The van der Waals surface area contributed by atoms with Crippen LogP contribution in [0.15, 0.2) is 22.7 Å². The van der Waals surface area contributed by atoms with Crippen molar-refractivity contribution in [3.8, 4) is 0 Å². The number of carbonyl (C=O) groups is 1. The molecule has 84 valence electrons. The van der Waals surface area contributed by atoms with Crippen LogP contribution in [-0.4, -0.2) is 13.1 Å². The fourth-order valence-corrected chi connectivity index (χ4v) is 1.50. The van der Waals surface area contributed by atoms with Crippen molar-refractivity contribution in [1.29, 1.82) is 0 Å². The van der Waals surface area contributed by atoms with Gasteiger partial charge in [0.1, 0.15) is 11.9 Å². The summed E-state index contributed by atoms with van der Waals surface area (Å²) in [5, 5.41) is 0. The molecule has 0 aromatic heterocycles. The molecule has 0 bridgehead atoms. The molecule has 0 aliphatic rings. The zero-order chi connectivity index (χ0) is 10.7. The second kappa shape index (κ2) is 6.05. The Kier molecular flexibility index (Phi) is 5.79. The van der Waals surface area contributed by atoms with Gasteiger partial charge in [0.2, 0.25) is 0 Å². The molecule has 1 rings (SSSR count). The Hall–Kier alpha value is -0.650. The maximum atomic E-state index is 12.9. The average Bonchev–Trinajstić information content (AvgIpc) is 2.14. The molecule has 0 fully saturated rings. The van der Waals surface area contributed by atoms with Crippen LogP contribution in [0.4, 0.5) is 4.39 Å². The van der Waals surface area contributed by atoms with Crippen molar-refractivity contribution in [2.24, 2.45) is 5.73 Å². The van der Waals surface area contributed by atoms with Crippen molar-refractivity contribution < 1.29 is 13.9 Å². The van der Waals surface area contributed by atoms with Crippen molar-refractivity contribution in [3.05, 3.63) is 34.1 Å². The lowest BCUT2D eigenvalue weighted by atomic mass is 10.1. The molecular weight excluding hydrogens is 288 g/mol. The van der Waals surface area contributed by atoms with E-state index in [2.05, 4.69) is 20.7 Å². The summed E-state index contributed by atoms with van der Waals surface area (Å²) in [4.78, 5) is 11.0. The topological polar surface area (TPSA) is 52.3 Å². The van der Waals surface area contributed by atoms with Crippen molar-refractivity contribution in [1.82, 2.24) is 0 Å². The monoisotopic (exact) mass is 297 g/mol. The number of rotatable bonds is 2. The van der Waals surface area contributed by atoms with E-state index >= 15 is 0 Å². The molecule has 0 spiro atoms. The van der Waals surface area contributed by atoms with Crippen molar-refractivity contribution >= 4 is 34.3 Å². The van der Waals surface area contributed by atoms with Gasteiger partial charge in [-0.25, -0.2) is 4.39 Å². The quantitative estimate of drug-likeness (QED) is 0.852. The molecule has 1 atom stereocenters. The Morgan fingerprint density at radius 2 is 2.13 bits per heavy atom. The fourth-order valence-electron chi connectivity index (χ4n) is 1.02. The second-order valence-electron chi connectivity index (χ2n) is 2.70. The lowest BCUT2D eigenvalue weighted by molar-refractivity contribution is -0.142. The average molecular weight is 299 g/mol. The van der Waals surface area contributed by atoms with Crippen LogP contribution in [0.2, 0.25) is 0 Å². The third-order valence-electron chi connectivity index (χ3n) is 1.70. The lowest BCUT2D eigenvalue weighted by Crippen LogP contribution is -2.22. The first-order chi connectivity index (χ1) is 6.54. The summed E-state index contributed by atoms with van der Waals surface area (Å²) >= 11 is 3.10. The van der Waals surface area contributed by atoms with E-state index in [0.717, 1.165) is 0 Å². The summed E-state index contributed by atoms with van der Waals surface area (Å²) in [6, 6.07) is 3.11. The molecule has 0 unspecified atom stereocenters. The van der Waals surface area contributed by atoms with Gasteiger partial charge in [-0.2, -0.15) is 0 Å². The SMILES string of the molecule is COC(=O)[C@H](N)c1cc(F)cc(Br)c1.Cl. The van der Waals surface area contributed by atoms with Gasteiger partial charge in [0, 0.05) is 4.47 Å². The highest BCUT2D eigenvalue weighted by Gasteiger charge is 2.17. The van der Waals surface area contributed by atoms with Crippen molar-refractivity contribution in [3.63, 3.8) is 0 Å². The molecule has 0 amide bonds. The van der Waals surface area contributed by atoms with E-state index in [-0.39, 0.29) is 12.4 Å². The van der Waals surface area contributed by atoms with E-state index in [0.29, 0.717) is 10.0 Å².